The summed E-state index contributed by atoms with van der Waals surface area (Å²) in [5, 5.41) is 2.92. The quantitative estimate of drug-likeness (QED) is 0.712. The van der Waals surface area contributed by atoms with E-state index in [1.807, 2.05) is 27.7 Å². The SMILES string of the molecule is CCC(CC)CN(C=O)C(=O)NC(C)(C)C(C)C. The van der Waals surface area contributed by atoms with Crippen LogP contribution in [-0.4, -0.2) is 29.4 Å². The van der Waals surface area contributed by atoms with Crippen LogP contribution in [0.25, 0.3) is 0 Å². The van der Waals surface area contributed by atoms with Crippen LogP contribution < -0.4 is 5.32 Å². The Hall–Kier alpha value is -1.06. The predicted octanol–water partition coefficient (Wildman–Crippen LogP) is 3.03. The molecular formula is C14H28N2O2. The lowest BCUT2D eigenvalue weighted by Crippen LogP contribution is -2.53. The summed E-state index contributed by atoms with van der Waals surface area (Å²) in [6.07, 6.45) is 2.58. The second kappa shape index (κ2) is 7.39. The molecule has 106 valence electrons. The maximum absolute atomic E-state index is 12.0. The van der Waals surface area contributed by atoms with Crippen LogP contribution in [0.3, 0.4) is 0 Å². The monoisotopic (exact) mass is 256 g/mol. The summed E-state index contributed by atoms with van der Waals surface area (Å²) in [5.41, 5.74) is -0.313. The number of rotatable bonds is 7. The van der Waals surface area contributed by atoms with Gasteiger partial charge in [0.05, 0.1) is 0 Å². The number of carbonyl (C=O) groups excluding carboxylic acids is 2. The summed E-state index contributed by atoms with van der Waals surface area (Å²) in [6, 6.07) is -0.296. The third kappa shape index (κ3) is 5.07. The Kier molecular flexibility index (Phi) is 6.96. The van der Waals surface area contributed by atoms with Gasteiger partial charge in [0.2, 0.25) is 6.41 Å². The fourth-order valence-electron chi connectivity index (χ4n) is 1.49. The van der Waals surface area contributed by atoms with Crippen molar-refractivity contribution in [3.05, 3.63) is 0 Å². The minimum Gasteiger partial charge on any atom is -0.332 e. The third-order valence-electron chi connectivity index (χ3n) is 3.87. The van der Waals surface area contributed by atoms with Crippen molar-refractivity contribution in [1.82, 2.24) is 10.2 Å². The largest absolute Gasteiger partial charge is 0.332 e. The Balaban J connectivity index is 4.58. The van der Waals surface area contributed by atoms with Gasteiger partial charge >= 0.3 is 6.03 Å². The van der Waals surface area contributed by atoms with E-state index in [2.05, 4.69) is 19.2 Å². The first-order valence-electron chi connectivity index (χ1n) is 6.82. The number of hydrogen-bond donors (Lipinski definition) is 1. The molecule has 0 unspecified atom stereocenters. The molecule has 0 fully saturated rings. The maximum atomic E-state index is 12.0. The van der Waals surface area contributed by atoms with Crippen molar-refractivity contribution >= 4 is 12.4 Å². The lowest BCUT2D eigenvalue weighted by atomic mass is 9.91. The number of carbonyl (C=O) groups is 2. The van der Waals surface area contributed by atoms with Gasteiger partial charge in [-0.1, -0.05) is 40.5 Å². The van der Waals surface area contributed by atoms with Gasteiger partial charge in [0.25, 0.3) is 0 Å². The minimum absolute atomic E-state index is 0.296. The van der Waals surface area contributed by atoms with Gasteiger partial charge in [0.15, 0.2) is 0 Å². The molecule has 0 atom stereocenters. The molecule has 18 heavy (non-hydrogen) atoms. The van der Waals surface area contributed by atoms with Crippen molar-refractivity contribution < 1.29 is 9.59 Å². The van der Waals surface area contributed by atoms with Crippen LogP contribution in [0.5, 0.6) is 0 Å². The normalized spacial score (nSPS) is 11.8. The molecule has 0 radical (unpaired) electrons. The van der Waals surface area contributed by atoms with Crippen LogP contribution in [0.15, 0.2) is 0 Å². The van der Waals surface area contributed by atoms with Gasteiger partial charge in [0.1, 0.15) is 0 Å². The highest BCUT2D eigenvalue weighted by molar-refractivity contribution is 5.85. The summed E-state index contributed by atoms with van der Waals surface area (Å²) in [5.74, 6) is 0.686. The molecule has 0 bridgehead atoms. The van der Waals surface area contributed by atoms with Crippen molar-refractivity contribution in [1.29, 1.82) is 0 Å². The van der Waals surface area contributed by atoms with Crippen LogP contribution >= 0.6 is 0 Å². The molecule has 0 spiro atoms. The van der Waals surface area contributed by atoms with E-state index in [1.54, 1.807) is 0 Å². The summed E-state index contributed by atoms with van der Waals surface area (Å²) in [4.78, 5) is 24.3. The van der Waals surface area contributed by atoms with Crippen LogP contribution in [0.2, 0.25) is 0 Å². The molecule has 0 aromatic rings. The van der Waals surface area contributed by atoms with Gasteiger partial charge in [-0.25, -0.2) is 4.79 Å². The first kappa shape index (κ1) is 16.9. The second-order valence-corrected chi connectivity index (χ2v) is 5.75. The molecule has 0 aliphatic carbocycles. The first-order chi connectivity index (χ1) is 8.28. The van der Waals surface area contributed by atoms with Crippen molar-refractivity contribution in [2.24, 2.45) is 11.8 Å². The maximum Gasteiger partial charge on any atom is 0.324 e. The number of urea groups is 1. The van der Waals surface area contributed by atoms with Crippen LogP contribution in [0.4, 0.5) is 4.79 Å². The van der Waals surface area contributed by atoms with E-state index >= 15 is 0 Å². The third-order valence-corrected chi connectivity index (χ3v) is 3.87. The summed E-state index contributed by atoms with van der Waals surface area (Å²) in [6.45, 7) is 12.7. The smallest absolute Gasteiger partial charge is 0.324 e. The van der Waals surface area contributed by atoms with E-state index in [0.717, 1.165) is 12.8 Å². The first-order valence-corrected chi connectivity index (χ1v) is 6.82. The molecular weight excluding hydrogens is 228 g/mol. The highest BCUT2D eigenvalue weighted by Crippen LogP contribution is 2.16. The number of amides is 3. The molecule has 4 nitrogen and oxygen atoms in total. The van der Waals surface area contributed by atoms with Gasteiger partial charge in [0, 0.05) is 12.1 Å². The van der Waals surface area contributed by atoms with Gasteiger partial charge in [-0.3, -0.25) is 9.69 Å². The highest BCUT2D eigenvalue weighted by atomic mass is 16.2. The van der Waals surface area contributed by atoms with E-state index in [4.69, 9.17) is 0 Å². The zero-order valence-electron chi connectivity index (χ0n) is 12.6. The summed E-state index contributed by atoms with van der Waals surface area (Å²) < 4.78 is 0. The topological polar surface area (TPSA) is 49.4 Å². The zero-order valence-corrected chi connectivity index (χ0v) is 12.6. The molecule has 0 aliphatic rings. The fraction of sp³-hybridized carbons (Fsp3) is 0.857. The van der Waals surface area contributed by atoms with E-state index < -0.39 is 0 Å². The van der Waals surface area contributed by atoms with Gasteiger partial charge in [-0.2, -0.15) is 0 Å². The van der Waals surface area contributed by atoms with Crippen molar-refractivity contribution in [3.63, 3.8) is 0 Å². The molecule has 0 aliphatic heterocycles. The molecule has 0 aromatic carbocycles. The van der Waals surface area contributed by atoms with Crippen molar-refractivity contribution in [2.75, 3.05) is 6.54 Å². The molecule has 0 saturated heterocycles. The molecule has 0 saturated carbocycles. The lowest BCUT2D eigenvalue weighted by Gasteiger charge is -2.33. The highest BCUT2D eigenvalue weighted by Gasteiger charge is 2.27. The fourth-order valence-corrected chi connectivity index (χ4v) is 1.49. The second-order valence-electron chi connectivity index (χ2n) is 5.75. The number of hydrogen-bond acceptors (Lipinski definition) is 2. The summed E-state index contributed by atoms with van der Waals surface area (Å²) in [7, 11) is 0. The average Bonchev–Trinajstić information content (AvgIpc) is 2.29. The Bertz CT molecular complexity index is 271. The van der Waals surface area contributed by atoms with Crippen LogP contribution in [0, 0.1) is 11.8 Å². The Labute approximate surface area is 111 Å². The van der Waals surface area contributed by atoms with Crippen LogP contribution in [0.1, 0.15) is 54.4 Å². The van der Waals surface area contributed by atoms with Gasteiger partial charge < -0.3 is 5.32 Å². The molecule has 0 rings (SSSR count). The standard InChI is InChI=1S/C14H28N2O2/c1-7-12(8-2)9-16(10-17)13(18)15-14(5,6)11(3)4/h10-12H,7-9H2,1-6H3,(H,15,18). The average molecular weight is 256 g/mol. The minimum atomic E-state index is -0.313. The molecule has 1 N–H and O–H groups in total. The Morgan fingerprint density at radius 1 is 1.28 bits per heavy atom. The number of nitrogens with zero attached hydrogens (tertiary/aromatic N) is 1. The van der Waals surface area contributed by atoms with Crippen molar-refractivity contribution in [2.45, 2.75) is 59.9 Å². The predicted molar refractivity (Wildman–Crippen MR) is 74.3 cm³/mol. The number of nitrogens with one attached hydrogen (secondary N) is 1. The van der Waals surface area contributed by atoms with Crippen molar-refractivity contribution in [3.8, 4) is 0 Å². The Morgan fingerprint density at radius 3 is 2.11 bits per heavy atom. The van der Waals surface area contributed by atoms with E-state index in [-0.39, 0.29) is 11.6 Å². The number of imide groups is 1. The molecule has 3 amide bonds. The van der Waals surface area contributed by atoms with E-state index in [1.165, 1.54) is 4.90 Å². The molecule has 0 aromatic heterocycles. The van der Waals surface area contributed by atoms with E-state index in [9.17, 15) is 9.59 Å². The summed E-state index contributed by atoms with van der Waals surface area (Å²) >= 11 is 0. The molecule has 0 heterocycles. The van der Waals surface area contributed by atoms with E-state index in [0.29, 0.717) is 24.8 Å². The Morgan fingerprint density at radius 2 is 1.78 bits per heavy atom. The van der Waals surface area contributed by atoms with Gasteiger partial charge in [-0.15, -0.1) is 0 Å². The lowest BCUT2D eigenvalue weighted by molar-refractivity contribution is -0.116. The van der Waals surface area contributed by atoms with Crippen LogP contribution in [-0.2, 0) is 4.79 Å². The van der Waals surface area contributed by atoms with Gasteiger partial charge in [-0.05, 0) is 25.7 Å². The zero-order chi connectivity index (χ0) is 14.3. The molecule has 4 heteroatoms.